The standard InChI is InChI=1S/C30H36FN3O3S/c1-22-19-24(3)29(25(4)20-22)38(36,37)34-17-14-32(15-18-34)13-16-33(21-26-9-11-27(31)12-10-26)30(35)28-8-6-5-7-23(28)2/h5-12,19-20H,13-18,21H2,1-4H3. The average molecular weight is 538 g/mol. The minimum Gasteiger partial charge on any atom is -0.333 e. The second kappa shape index (κ2) is 11.8. The zero-order valence-corrected chi connectivity index (χ0v) is 23.4. The lowest BCUT2D eigenvalue weighted by Crippen LogP contribution is -2.50. The average Bonchev–Trinajstić information content (AvgIpc) is 2.87. The molecular formula is C30H36FN3O3S. The Kier molecular flexibility index (Phi) is 8.65. The van der Waals surface area contributed by atoms with Gasteiger partial charge >= 0.3 is 0 Å². The van der Waals surface area contributed by atoms with Gasteiger partial charge in [0.15, 0.2) is 0 Å². The summed E-state index contributed by atoms with van der Waals surface area (Å²) >= 11 is 0. The summed E-state index contributed by atoms with van der Waals surface area (Å²) in [5.41, 5.74) is 5.01. The van der Waals surface area contributed by atoms with Gasteiger partial charge in [-0.1, -0.05) is 48.0 Å². The van der Waals surface area contributed by atoms with Crippen LogP contribution in [0.5, 0.6) is 0 Å². The van der Waals surface area contributed by atoms with E-state index in [4.69, 9.17) is 0 Å². The van der Waals surface area contributed by atoms with Crippen LogP contribution < -0.4 is 0 Å². The van der Waals surface area contributed by atoms with Crippen LogP contribution >= 0.6 is 0 Å². The Labute approximate surface area is 225 Å². The molecule has 0 aliphatic carbocycles. The van der Waals surface area contributed by atoms with Crippen molar-refractivity contribution in [2.24, 2.45) is 0 Å². The number of halogens is 1. The van der Waals surface area contributed by atoms with E-state index in [0.29, 0.717) is 56.3 Å². The van der Waals surface area contributed by atoms with Crippen molar-refractivity contribution in [2.45, 2.75) is 39.1 Å². The van der Waals surface area contributed by atoms with E-state index in [1.54, 1.807) is 21.3 Å². The van der Waals surface area contributed by atoms with Gasteiger partial charge < -0.3 is 4.90 Å². The summed E-state index contributed by atoms with van der Waals surface area (Å²) in [5, 5.41) is 0. The number of carbonyl (C=O) groups is 1. The lowest BCUT2D eigenvalue weighted by molar-refractivity contribution is 0.0710. The monoisotopic (exact) mass is 537 g/mol. The highest BCUT2D eigenvalue weighted by molar-refractivity contribution is 7.89. The summed E-state index contributed by atoms with van der Waals surface area (Å²) in [5.74, 6) is -0.381. The van der Waals surface area contributed by atoms with Crippen molar-refractivity contribution >= 4 is 15.9 Å². The maximum atomic E-state index is 13.5. The summed E-state index contributed by atoms with van der Waals surface area (Å²) in [6.07, 6.45) is 0. The predicted octanol–water partition coefficient (Wildman–Crippen LogP) is 4.71. The van der Waals surface area contributed by atoms with Gasteiger partial charge in [-0.05, 0) is 68.1 Å². The Bertz CT molecular complexity index is 1380. The summed E-state index contributed by atoms with van der Waals surface area (Å²) in [7, 11) is -3.58. The third kappa shape index (κ3) is 6.31. The Morgan fingerprint density at radius 2 is 1.47 bits per heavy atom. The molecule has 1 fully saturated rings. The van der Waals surface area contributed by atoms with Crippen LogP contribution in [0, 0.1) is 33.5 Å². The van der Waals surface area contributed by atoms with Gasteiger partial charge in [0.1, 0.15) is 5.82 Å². The van der Waals surface area contributed by atoms with Crippen LogP contribution in [0.3, 0.4) is 0 Å². The summed E-state index contributed by atoms with van der Waals surface area (Å²) < 4.78 is 41.9. The van der Waals surface area contributed by atoms with Crippen LogP contribution in [-0.4, -0.2) is 67.7 Å². The van der Waals surface area contributed by atoms with Crippen molar-refractivity contribution in [1.29, 1.82) is 0 Å². The zero-order valence-electron chi connectivity index (χ0n) is 22.6. The number of aryl methyl sites for hydroxylation is 4. The topological polar surface area (TPSA) is 60.9 Å². The molecule has 1 heterocycles. The largest absolute Gasteiger partial charge is 0.333 e. The fourth-order valence-electron chi connectivity index (χ4n) is 5.20. The van der Waals surface area contributed by atoms with Gasteiger partial charge in [0.2, 0.25) is 10.0 Å². The fourth-order valence-corrected chi connectivity index (χ4v) is 7.04. The van der Waals surface area contributed by atoms with Crippen molar-refractivity contribution in [3.05, 3.63) is 99.9 Å². The molecule has 0 radical (unpaired) electrons. The van der Waals surface area contributed by atoms with Gasteiger partial charge in [-0.25, -0.2) is 12.8 Å². The van der Waals surface area contributed by atoms with Gasteiger partial charge in [0.25, 0.3) is 5.91 Å². The van der Waals surface area contributed by atoms with Crippen LogP contribution in [-0.2, 0) is 16.6 Å². The van der Waals surface area contributed by atoms with Crippen LogP contribution in [0.1, 0.15) is 38.2 Å². The van der Waals surface area contributed by atoms with E-state index in [1.165, 1.54) is 12.1 Å². The van der Waals surface area contributed by atoms with Crippen molar-refractivity contribution in [3.8, 4) is 0 Å². The number of nitrogens with zero attached hydrogens (tertiary/aromatic N) is 3. The number of hydrogen-bond acceptors (Lipinski definition) is 4. The van der Waals surface area contributed by atoms with Crippen LogP contribution in [0.2, 0.25) is 0 Å². The minimum absolute atomic E-state index is 0.0704. The Hall–Kier alpha value is -3.07. The first kappa shape index (κ1) is 28.0. The molecule has 1 aliphatic heterocycles. The highest BCUT2D eigenvalue weighted by atomic mass is 32.2. The van der Waals surface area contributed by atoms with E-state index in [0.717, 1.165) is 27.8 Å². The van der Waals surface area contributed by atoms with Crippen molar-refractivity contribution in [2.75, 3.05) is 39.3 Å². The van der Waals surface area contributed by atoms with Crippen LogP contribution in [0.25, 0.3) is 0 Å². The first-order valence-corrected chi connectivity index (χ1v) is 14.4. The van der Waals surface area contributed by atoms with Gasteiger partial charge in [0, 0.05) is 51.4 Å². The third-order valence-electron chi connectivity index (χ3n) is 7.17. The number of rotatable bonds is 8. The highest BCUT2D eigenvalue weighted by Crippen LogP contribution is 2.26. The Morgan fingerprint density at radius 3 is 2.08 bits per heavy atom. The zero-order chi connectivity index (χ0) is 27.4. The molecule has 202 valence electrons. The molecule has 1 amide bonds. The number of piperazine rings is 1. The molecule has 4 rings (SSSR count). The number of benzene rings is 3. The molecule has 0 spiro atoms. The highest BCUT2D eigenvalue weighted by Gasteiger charge is 2.31. The van der Waals surface area contributed by atoms with Gasteiger partial charge in [-0.3, -0.25) is 9.69 Å². The van der Waals surface area contributed by atoms with E-state index < -0.39 is 10.0 Å². The molecular weight excluding hydrogens is 501 g/mol. The molecule has 3 aromatic carbocycles. The van der Waals surface area contributed by atoms with E-state index in [-0.39, 0.29) is 11.7 Å². The van der Waals surface area contributed by atoms with Crippen molar-refractivity contribution in [1.82, 2.24) is 14.1 Å². The normalized spacial score (nSPS) is 15.0. The maximum Gasteiger partial charge on any atom is 0.254 e. The van der Waals surface area contributed by atoms with Crippen molar-refractivity contribution in [3.63, 3.8) is 0 Å². The lowest BCUT2D eigenvalue weighted by atomic mass is 10.1. The molecule has 38 heavy (non-hydrogen) atoms. The first-order chi connectivity index (χ1) is 18.1. The maximum absolute atomic E-state index is 13.5. The molecule has 0 atom stereocenters. The van der Waals surface area contributed by atoms with Gasteiger partial charge in [-0.15, -0.1) is 0 Å². The quantitative estimate of drug-likeness (QED) is 0.418. The minimum atomic E-state index is -3.58. The summed E-state index contributed by atoms with van der Waals surface area (Å²) in [6.45, 7) is 11.0. The molecule has 3 aromatic rings. The molecule has 6 nitrogen and oxygen atoms in total. The molecule has 0 N–H and O–H groups in total. The van der Waals surface area contributed by atoms with Gasteiger partial charge in [0.05, 0.1) is 4.90 Å². The molecule has 0 aromatic heterocycles. The smallest absolute Gasteiger partial charge is 0.254 e. The van der Waals surface area contributed by atoms with E-state index >= 15 is 0 Å². The molecule has 0 bridgehead atoms. The van der Waals surface area contributed by atoms with Crippen LogP contribution in [0.15, 0.2) is 65.6 Å². The van der Waals surface area contributed by atoms with Crippen LogP contribution in [0.4, 0.5) is 4.39 Å². The molecule has 0 unspecified atom stereocenters. The predicted molar refractivity (Wildman–Crippen MR) is 148 cm³/mol. The number of sulfonamides is 1. The molecule has 0 saturated carbocycles. The summed E-state index contributed by atoms with van der Waals surface area (Å²) in [6, 6.07) is 17.5. The van der Waals surface area contributed by atoms with Crippen molar-refractivity contribution < 1.29 is 17.6 Å². The second-order valence-corrected chi connectivity index (χ2v) is 12.0. The van der Waals surface area contributed by atoms with E-state index in [1.807, 2.05) is 64.1 Å². The van der Waals surface area contributed by atoms with Gasteiger partial charge in [-0.2, -0.15) is 4.31 Å². The number of amides is 1. The second-order valence-electron chi connectivity index (χ2n) is 10.1. The summed E-state index contributed by atoms with van der Waals surface area (Å²) in [4.78, 5) is 17.9. The Balaban J connectivity index is 1.43. The fraction of sp³-hybridized carbons (Fsp3) is 0.367. The number of carbonyl (C=O) groups excluding carboxylic acids is 1. The number of hydrogen-bond donors (Lipinski definition) is 0. The lowest BCUT2D eigenvalue weighted by Gasteiger charge is -2.35. The third-order valence-corrected chi connectivity index (χ3v) is 9.37. The molecule has 1 saturated heterocycles. The van der Waals surface area contributed by atoms with E-state index in [9.17, 15) is 17.6 Å². The SMILES string of the molecule is Cc1cc(C)c(S(=O)(=O)N2CCN(CCN(Cc3ccc(F)cc3)C(=O)c3ccccc3C)CC2)c(C)c1. The van der Waals surface area contributed by atoms with E-state index in [2.05, 4.69) is 4.90 Å². The molecule has 8 heteroatoms. The Morgan fingerprint density at radius 1 is 0.868 bits per heavy atom. The first-order valence-electron chi connectivity index (χ1n) is 13.0. The molecule has 1 aliphatic rings.